The van der Waals surface area contributed by atoms with Gasteiger partial charge in [-0.05, 0) is 165 Å². The van der Waals surface area contributed by atoms with Crippen molar-refractivity contribution in [2.45, 2.75) is 23.7 Å². The molecule has 0 atom stereocenters. The molecule has 0 spiro atoms. The van der Waals surface area contributed by atoms with Gasteiger partial charge >= 0.3 is 23.9 Å². The summed E-state index contributed by atoms with van der Waals surface area (Å²) in [7, 11) is 6.75. The molecule has 4 N–H and O–H groups in total. The number of nitrogens with zero attached hydrogens (tertiary/aromatic N) is 6. The summed E-state index contributed by atoms with van der Waals surface area (Å²) in [5.41, 5.74) is 8.79. The average molecular weight is 995 g/mol. The van der Waals surface area contributed by atoms with E-state index in [4.69, 9.17) is 0 Å². The number of carbonyl (C=O) groups is 6. The molecule has 16 nitrogen and oxygen atoms in total. The molecule has 1 aliphatic carbocycles. The van der Waals surface area contributed by atoms with E-state index in [0.717, 1.165) is 35.1 Å². The van der Waals surface area contributed by atoms with Gasteiger partial charge < -0.3 is 30.2 Å². The molecule has 16 heteroatoms. The van der Waals surface area contributed by atoms with Crippen LogP contribution in [0.5, 0.6) is 0 Å². The number of hydrogen-bond acceptors (Lipinski definition) is 10. The zero-order valence-corrected chi connectivity index (χ0v) is 40.9. The molecular formula is C58H54N6O10. The quantitative estimate of drug-likeness (QED) is 0.0834. The van der Waals surface area contributed by atoms with E-state index in [2.05, 4.69) is 19.9 Å². The number of aromatic nitrogens is 4. The maximum Gasteiger partial charge on any atom is 0.335 e. The van der Waals surface area contributed by atoms with Crippen LogP contribution in [0.15, 0.2) is 195 Å². The van der Waals surface area contributed by atoms with Gasteiger partial charge in [-0.25, -0.2) is 19.2 Å². The summed E-state index contributed by atoms with van der Waals surface area (Å²) >= 11 is 0. The van der Waals surface area contributed by atoms with Crippen LogP contribution in [0.1, 0.15) is 87.4 Å². The summed E-state index contributed by atoms with van der Waals surface area (Å²) in [6.45, 7) is 0. The van der Waals surface area contributed by atoms with Crippen LogP contribution in [-0.2, 0) is 9.59 Å². The van der Waals surface area contributed by atoms with Crippen LogP contribution in [-0.4, -0.2) is 115 Å². The first-order chi connectivity index (χ1) is 35.6. The summed E-state index contributed by atoms with van der Waals surface area (Å²) in [5, 5.41) is 37.6. The molecule has 8 aromatic rings. The lowest BCUT2D eigenvalue weighted by molar-refractivity contribution is -0.116. The standard InChI is InChI=1S/C32H24O8.2C10H8N2.2C3H7NO/c33-29(34)21-9-1-17(2-10-21)25-26(18-3-11-22(12-4-18)30(35)36)28(20-7-15-24(16-8-20)32(39)40)27(25)19-5-13-23(14-6-19)31(37)38;2*1-5-11-6-2-9(1)10-3-7-12-8-4-10;2*1-4(2)3-5/h1-16,25-28H,(H,33,34)(H,35,36)(H,37,38)(H,39,40);2*1-8H;2*3H,1-2H3. The monoisotopic (exact) mass is 994 g/mol. The van der Waals surface area contributed by atoms with Gasteiger partial charge in [0.1, 0.15) is 0 Å². The molecule has 1 fully saturated rings. The molecule has 4 heterocycles. The van der Waals surface area contributed by atoms with E-state index in [9.17, 15) is 49.2 Å². The summed E-state index contributed by atoms with van der Waals surface area (Å²) in [5.74, 6) is -4.85. The number of hydrogen-bond donors (Lipinski definition) is 4. The molecule has 74 heavy (non-hydrogen) atoms. The molecule has 4 aromatic heterocycles. The Morgan fingerprint density at radius 3 is 0.595 bits per heavy atom. The molecule has 1 aliphatic rings. The number of benzene rings is 4. The van der Waals surface area contributed by atoms with Gasteiger partial charge in [0.15, 0.2) is 0 Å². The van der Waals surface area contributed by atoms with E-state index >= 15 is 0 Å². The van der Waals surface area contributed by atoms with Gasteiger partial charge in [0, 0.05) is 77.8 Å². The fourth-order valence-corrected chi connectivity index (χ4v) is 7.98. The Hall–Kier alpha value is -9.70. The molecule has 4 aromatic carbocycles. The van der Waals surface area contributed by atoms with Crippen molar-refractivity contribution >= 4 is 36.7 Å². The van der Waals surface area contributed by atoms with E-state index in [1.54, 1.807) is 175 Å². The second kappa shape index (κ2) is 27.6. The van der Waals surface area contributed by atoms with Gasteiger partial charge in [-0.15, -0.1) is 0 Å². The lowest BCUT2D eigenvalue weighted by Crippen LogP contribution is -2.40. The summed E-state index contributed by atoms with van der Waals surface area (Å²) < 4.78 is 0. The van der Waals surface area contributed by atoms with Crippen LogP contribution < -0.4 is 0 Å². The van der Waals surface area contributed by atoms with Crippen molar-refractivity contribution in [3.05, 3.63) is 240 Å². The molecule has 9 rings (SSSR count). The zero-order valence-electron chi connectivity index (χ0n) is 40.9. The number of pyridine rings is 4. The molecule has 1 saturated carbocycles. The first-order valence-corrected chi connectivity index (χ1v) is 22.8. The van der Waals surface area contributed by atoms with E-state index in [1.807, 2.05) is 48.5 Å². The lowest BCUT2D eigenvalue weighted by atomic mass is 9.49. The molecule has 2 amide bonds. The highest BCUT2D eigenvalue weighted by Gasteiger charge is 2.52. The Labute approximate surface area is 428 Å². The minimum atomic E-state index is -1.04. The Kier molecular flexibility index (Phi) is 20.6. The van der Waals surface area contributed by atoms with Crippen LogP contribution in [0.3, 0.4) is 0 Å². The van der Waals surface area contributed by atoms with Gasteiger partial charge in [0.05, 0.1) is 22.3 Å². The molecule has 0 radical (unpaired) electrons. The van der Waals surface area contributed by atoms with Crippen molar-refractivity contribution in [3.8, 4) is 22.3 Å². The van der Waals surface area contributed by atoms with Crippen LogP contribution in [0, 0.1) is 0 Å². The summed E-state index contributed by atoms with van der Waals surface area (Å²) in [6, 6.07) is 42.4. The van der Waals surface area contributed by atoms with E-state index in [1.165, 1.54) is 32.1 Å². The van der Waals surface area contributed by atoms with Gasteiger partial charge in [-0.1, -0.05) is 48.5 Å². The molecular weight excluding hydrogens is 941 g/mol. The normalized spacial score (nSPS) is 14.8. The Morgan fingerprint density at radius 2 is 0.473 bits per heavy atom. The van der Waals surface area contributed by atoms with Crippen molar-refractivity contribution in [2.24, 2.45) is 0 Å². The van der Waals surface area contributed by atoms with E-state index in [0.29, 0.717) is 0 Å². The SMILES string of the molecule is CN(C)C=O.CN(C)C=O.O=C(O)c1ccc(C2C(c3ccc(C(=O)O)cc3)C(c3ccc(C(=O)O)cc3)C2c2ccc(C(=O)O)cc2)cc1.c1cc(-c2ccncc2)ccn1.c1cc(-c2ccncc2)ccn1. The highest BCUT2D eigenvalue weighted by atomic mass is 16.4. The van der Waals surface area contributed by atoms with E-state index in [-0.39, 0.29) is 45.9 Å². The first-order valence-electron chi connectivity index (χ1n) is 22.8. The van der Waals surface area contributed by atoms with Gasteiger partial charge in [0.25, 0.3) is 0 Å². The van der Waals surface area contributed by atoms with Crippen LogP contribution in [0.2, 0.25) is 0 Å². The number of rotatable bonds is 12. The van der Waals surface area contributed by atoms with E-state index < -0.39 is 23.9 Å². The third-order valence-corrected chi connectivity index (χ3v) is 11.5. The number of carboxylic acids is 4. The molecule has 0 aliphatic heterocycles. The zero-order chi connectivity index (χ0) is 53.6. The Morgan fingerprint density at radius 1 is 0.324 bits per heavy atom. The molecule has 0 unspecified atom stereocenters. The van der Waals surface area contributed by atoms with Crippen LogP contribution in [0.4, 0.5) is 0 Å². The highest BCUT2D eigenvalue weighted by Crippen LogP contribution is 2.66. The topological polar surface area (TPSA) is 241 Å². The second-order valence-corrected chi connectivity index (χ2v) is 16.9. The van der Waals surface area contributed by atoms with Crippen molar-refractivity contribution in [1.82, 2.24) is 29.7 Å². The van der Waals surface area contributed by atoms with Gasteiger partial charge in [-0.3, -0.25) is 29.5 Å². The number of amides is 2. The average Bonchev–Trinajstić information content (AvgIpc) is 3.43. The fourth-order valence-electron chi connectivity index (χ4n) is 7.98. The van der Waals surface area contributed by atoms with Crippen molar-refractivity contribution in [1.29, 1.82) is 0 Å². The van der Waals surface area contributed by atoms with Gasteiger partial charge in [-0.2, -0.15) is 0 Å². The predicted molar refractivity (Wildman–Crippen MR) is 279 cm³/mol. The minimum absolute atomic E-state index is 0.147. The van der Waals surface area contributed by atoms with Crippen LogP contribution in [0.25, 0.3) is 22.3 Å². The third kappa shape index (κ3) is 15.7. The summed E-state index contributed by atoms with van der Waals surface area (Å²) in [6.07, 6.45) is 15.8. The molecule has 376 valence electrons. The minimum Gasteiger partial charge on any atom is -0.478 e. The smallest absolute Gasteiger partial charge is 0.335 e. The van der Waals surface area contributed by atoms with Crippen molar-refractivity contribution in [2.75, 3.05) is 28.2 Å². The maximum absolute atomic E-state index is 11.5. The maximum atomic E-state index is 11.5. The second-order valence-electron chi connectivity index (χ2n) is 16.9. The fraction of sp³-hybridized carbons (Fsp3) is 0.138. The van der Waals surface area contributed by atoms with Crippen LogP contribution >= 0.6 is 0 Å². The van der Waals surface area contributed by atoms with Crippen molar-refractivity contribution < 1.29 is 49.2 Å². The Bertz CT molecular complexity index is 2620. The molecule has 0 saturated heterocycles. The predicted octanol–water partition coefficient (Wildman–Crippen LogP) is 9.62. The Balaban J connectivity index is 0.000000238. The number of carbonyl (C=O) groups excluding carboxylic acids is 2. The van der Waals surface area contributed by atoms with Gasteiger partial charge in [0.2, 0.25) is 12.8 Å². The largest absolute Gasteiger partial charge is 0.478 e. The number of aromatic carboxylic acids is 4. The number of carboxylic acid groups (broad SMARTS) is 4. The first kappa shape index (κ1) is 55.2. The van der Waals surface area contributed by atoms with Crippen molar-refractivity contribution in [3.63, 3.8) is 0 Å². The highest BCUT2D eigenvalue weighted by molar-refractivity contribution is 5.89. The summed E-state index contributed by atoms with van der Waals surface area (Å²) in [4.78, 5) is 83.5. The lowest BCUT2D eigenvalue weighted by Gasteiger charge is -2.54. The molecule has 0 bridgehead atoms. The third-order valence-electron chi connectivity index (χ3n) is 11.5.